The van der Waals surface area contributed by atoms with Gasteiger partial charge in [-0.25, -0.2) is 9.48 Å². The van der Waals surface area contributed by atoms with Crippen LogP contribution in [0.3, 0.4) is 0 Å². The highest BCUT2D eigenvalue weighted by Crippen LogP contribution is 2.14. The van der Waals surface area contributed by atoms with Gasteiger partial charge in [0.25, 0.3) is 5.56 Å². The average Bonchev–Trinajstić information content (AvgIpc) is 3.33. The number of carbonyl (C=O) groups excluding carboxylic acids is 2. The van der Waals surface area contributed by atoms with Crippen LogP contribution < -0.4 is 21.5 Å². The Morgan fingerprint density at radius 3 is 2.56 bits per heavy atom. The average molecular weight is 436 g/mol. The van der Waals surface area contributed by atoms with Crippen LogP contribution in [0.2, 0.25) is 0 Å². The second-order valence-electron chi connectivity index (χ2n) is 7.48. The number of hydrogen-bond donors (Lipinski definition) is 3. The van der Waals surface area contributed by atoms with Gasteiger partial charge in [-0.3, -0.25) is 9.59 Å². The predicted octanol–water partition coefficient (Wildman–Crippen LogP) is 2.12. The van der Waals surface area contributed by atoms with Gasteiger partial charge in [0, 0.05) is 30.9 Å². The van der Waals surface area contributed by atoms with E-state index >= 15 is 0 Å². The zero-order valence-electron chi connectivity index (χ0n) is 17.4. The van der Waals surface area contributed by atoms with E-state index in [0.717, 1.165) is 19.4 Å². The molecule has 3 N–H and O–H groups in total. The Morgan fingerprint density at radius 1 is 1.06 bits per heavy atom. The van der Waals surface area contributed by atoms with E-state index in [1.807, 2.05) is 0 Å². The predicted molar refractivity (Wildman–Crippen MR) is 119 cm³/mol. The molecular weight excluding hydrogens is 412 g/mol. The third-order valence-electron chi connectivity index (χ3n) is 5.12. The first-order valence-electron chi connectivity index (χ1n) is 10.5. The molecule has 1 saturated heterocycles. The van der Waals surface area contributed by atoms with E-state index in [9.17, 15) is 14.4 Å². The van der Waals surface area contributed by atoms with Crippen molar-refractivity contribution in [3.63, 3.8) is 0 Å². The second kappa shape index (κ2) is 10.0. The Morgan fingerprint density at radius 2 is 1.81 bits per heavy atom. The Kier molecular flexibility index (Phi) is 6.71. The highest BCUT2D eigenvalue weighted by atomic mass is 16.5. The topological polar surface area (TPSA) is 127 Å². The van der Waals surface area contributed by atoms with Crippen LogP contribution in [0.5, 0.6) is 0 Å². The fourth-order valence-corrected chi connectivity index (χ4v) is 3.42. The van der Waals surface area contributed by atoms with Gasteiger partial charge in [0.05, 0.1) is 18.0 Å². The van der Waals surface area contributed by atoms with Crippen molar-refractivity contribution in [1.82, 2.24) is 20.3 Å². The summed E-state index contributed by atoms with van der Waals surface area (Å²) in [5.41, 5.74) is 1.42. The number of rotatable bonds is 7. The van der Waals surface area contributed by atoms with Gasteiger partial charge < -0.3 is 20.7 Å². The van der Waals surface area contributed by atoms with Gasteiger partial charge in [0.1, 0.15) is 5.52 Å². The lowest BCUT2D eigenvalue weighted by atomic mass is 10.2. The molecule has 1 atom stereocenters. The summed E-state index contributed by atoms with van der Waals surface area (Å²) in [4.78, 5) is 36.7. The number of aryl methyl sites for hydroxylation is 1. The molecule has 166 valence electrons. The van der Waals surface area contributed by atoms with Crippen molar-refractivity contribution >= 4 is 34.2 Å². The molecule has 3 amide bonds. The molecule has 1 aliphatic heterocycles. The van der Waals surface area contributed by atoms with E-state index in [4.69, 9.17) is 4.74 Å². The van der Waals surface area contributed by atoms with Gasteiger partial charge in [-0.2, -0.15) is 0 Å². The minimum absolute atomic E-state index is 0.0680. The minimum atomic E-state index is -0.306. The number of hydrogen-bond acceptors (Lipinski definition) is 6. The van der Waals surface area contributed by atoms with E-state index in [2.05, 4.69) is 26.3 Å². The molecule has 1 aliphatic rings. The fourth-order valence-electron chi connectivity index (χ4n) is 3.42. The number of fused-ring (bicyclic) bond motifs is 1. The molecule has 0 bridgehead atoms. The first-order chi connectivity index (χ1) is 15.6. The third-order valence-corrected chi connectivity index (χ3v) is 5.12. The molecule has 2 heterocycles. The normalized spacial score (nSPS) is 15.4. The molecule has 10 nitrogen and oxygen atoms in total. The number of ether oxygens (including phenoxy) is 1. The monoisotopic (exact) mass is 436 g/mol. The Hall–Kier alpha value is -3.79. The number of urea groups is 1. The van der Waals surface area contributed by atoms with Crippen LogP contribution in [0.4, 0.5) is 16.2 Å². The molecule has 2 aromatic carbocycles. The van der Waals surface area contributed by atoms with Crippen molar-refractivity contribution in [1.29, 1.82) is 0 Å². The van der Waals surface area contributed by atoms with Gasteiger partial charge in [-0.15, -0.1) is 5.10 Å². The van der Waals surface area contributed by atoms with Gasteiger partial charge in [0.2, 0.25) is 5.91 Å². The summed E-state index contributed by atoms with van der Waals surface area (Å²) in [6, 6.07) is 13.4. The quantitative estimate of drug-likeness (QED) is 0.521. The lowest BCUT2D eigenvalue weighted by Gasteiger charge is -2.12. The number of nitrogens with one attached hydrogen (secondary N) is 3. The standard InChI is InChI=1S/C22H24N6O4/c29-20(11-12-28-21(30)18-5-1-2-6-19(18)26-27-28)24-15-7-9-16(10-8-15)25-22(31)23-14-17-4-3-13-32-17/h1-2,5-10,17H,3-4,11-14H2,(H,24,29)(H2,23,25,31). The maximum absolute atomic E-state index is 12.4. The maximum atomic E-state index is 12.4. The van der Waals surface area contributed by atoms with Gasteiger partial charge in [-0.1, -0.05) is 17.3 Å². The van der Waals surface area contributed by atoms with Crippen LogP contribution in [0.15, 0.2) is 53.3 Å². The number of amides is 3. The molecule has 1 unspecified atom stereocenters. The molecule has 0 saturated carbocycles. The maximum Gasteiger partial charge on any atom is 0.319 e. The second-order valence-corrected chi connectivity index (χ2v) is 7.48. The molecule has 10 heteroatoms. The molecule has 0 spiro atoms. The van der Waals surface area contributed by atoms with Gasteiger partial charge >= 0.3 is 6.03 Å². The third kappa shape index (κ3) is 5.46. The largest absolute Gasteiger partial charge is 0.376 e. The molecule has 1 aromatic heterocycles. The molecule has 0 aliphatic carbocycles. The molecular formula is C22H24N6O4. The van der Waals surface area contributed by atoms with Crippen LogP contribution in [0.1, 0.15) is 19.3 Å². The molecule has 3 aromatic rings. The van der Waals surface area contributed by atoms with E-state index in [-0.39, 0.29) is 36.6 Å². The summed E-state index contributed by atoms with van der Waals surface area (Å²) in [6.07, 6.45) is 2.12. The molecule has 0 radical (unpaired) electrons. The summed E-state index contributed by atoms with van der Waals surface area (Å²) in [5.74, 6) is -0.262. The lowest BCUT2D eigenvalue weighted by molar-refractivity contribution is -0.116. The summed E-state index contributed by atoms with van der Waals surface area (Å²) in [6.45, 7) is 1.34. The smallest absolute Gasteiger partial charge is 0.319 e. The van der Waals surface area contributed by atoms with E-state index in [0.29, 0.717) is 28.8 Å². The number of aromatic nitrogens is 3. The number of carbonyl (C=O) groups is 2. The Labute approximate surface area is 184 Å². The van der Waals surface area contributed by atoms with Crippen LogP contribution in [0.25, 0.3) is 10.9 Å². The lowest BCUT2D eigenvalue weighted by Crippen LogP contribution is -2.35. The van der Waals surface area contributed by atoms with Crippen molar-refractivity contribution in [2.75, 3.05) is 23.8 Å². The van der Waals surface area contributed by atoms with Crippen LogP contribution in [-0.2, 0) is 16.1 Å². The molecule has 32 heavy (non-hydrogen) atoms. The molecule has 1 fully saturated rings. The van der Waals surface area contributed by atoms with E-state index < -0.39 is 0 Å². The van der Waals surface area contributed by atoms with E-state index in [1.54, 1.807) is 48.5 Å². The summed E-state index contributed by atoms with van der Waals surface area (Å²) in [7, 11) is 0. The Bertz CT molecular complexity index is 1160. The van der Waals surface area contributed by atoms with Crippen LogP contribution in [0, 0.1) is 0 Å². The number of nitrogens with zero attached hydrogens (tertiary/aromatic N) is 3. The van der Waals surface area contributed by atoms with Gasteiger partial charge in [-0.05, 0) is 49.2 Å². The molecule has 4 rings (SSSR count). The van der Waals surface area contributed by atoms with Crippen molar-refractivity contribution in [2.45, 2.75) is 31.9 Å². The van der Waals surface area contributed by atoms with Crippen molar-refractivity contribution in [3.05, 3.63) is 58.9 Å². The summed E-state index contributed by atoms with van der Waals surface area (Å²) < 4.78 is 6.66. The summed E-state index contributed by atoms with van der Waals surface area (Å²) in [5, 5.41) is 16.6. The Balaban J connectivity index is 1.25. The SMILES string of the molecule is O=C(CCn1nnc2ccccc2c1=O)Nc1ccc(NC(=O)NCC2CCCO2)cc1. The van der Waals surface area contributed by atoms with E-state index in [1.165, 1.54) is 4.68 Å². The highest BCUT2D eigenvalue weighted by molar-refractivity contribution is 5.92. The number of anilines is 2. The first kappa shape index (κ1) is 21.4. The van der Waals surface area contributed by atoms with Crippen molar-refractivity contribution in [3.8, 4) is 0 Å². The zero-order chi connectivity index (χ0) is 22.3. The van der Waals surface area contributed by atoms with Gasteiger partial charge in [0.15, 0.2) is 0 Å². The highest BCUT2D eigenvalue weighted by Gasteiger charge is 2.16. The minimum Gasteiger partial charge on any atom is -0.376 e. The summed E-state index contributed by atoms with van der Waals surface area (Å²) >= 11 is 0. The first-order valence-corrected chi connectivity index (χ1v) is 10.5. The number of benzene rings is 2. The van der Waals surface area contributed by atoms with Crippen molar-refractivity contribution < 1.29 is 14.3 Å². The van der Waals surface area contributed by atoms with Crippen molar-refractivity contribution in [2.24, 2.45) is 0 Å². The zero-order valence-corrected chi connectivity index (χ0v) is 17.4. The van der Waals surface area contributed by atoms with Crippen LogP contribution in [-0.4, -0.2) is 46.2 Å². The van der Waals surface area contributed by atoms with Crippen LogP contribution >= 0.6 is 0 Å². The fraction of sp³-hybridized carbons (Fsp3) is 0.318.